The van der Waals surface area contributed by atoms with Crippen molar-refractivity contribution in [2.75, 3.05) is 0 Å². The van der Waals surface area contributed by atoms with Gasteiger partial charge in [0.25, 0.3) is 0 Å². The zero-order valence-electron chi connectivity index (χ0n) is 34.9. The molecule has 2 aliphatic heterocycles. The molecule has 0 radical (unpaired) electrons. The molecular formula is C49H38Cl2F6N4O3S2. The summed E-state index contributed by atoms with van der Waals surface area (Å²) in [6, 6.07) is 25.3. The number of hydrogen-bond donors (Lipinski definition) is 0. The summed E-state index contributed by atoms with van der Waals surface area (Å²) in [6.07, 6.45) is -4.72. The molecule has 340 valence electrons. The van der Waals surface area contributed by atoms with Gasteiger partial charge in [0.1, 0.15) is 23.5 Å². The van der Waals surface area contributed by atoms with Gasteiger partial charge < -0.3 is 18.9 Å². The molecule has 2 aliphatic rings. The minimum atomic E-state index is -4.99. The number of halogens is 8. The van der Waals surface area contributed by atoms with Crippen LogP contribution < -0.4 is 0 Å². The molecule has 2 unspecified atom stereocenters. The van der Waals surface area contributed by atoms with E-state index in [1.165, 1.54) is 119 Å². The van der Waals surface area contributed by atoms with Crippen LogP contribution in [0.15, 0.2) is 156 Å². The van der Waals surface area contributed by atoms with E-state index in [1.807, 2.05) is 0 Å². The molecule has 0 saturated heterocycles. The van der Waals surface area contributed by atoms with Gasteiger partial charge in [-0.2, -0.15) is 26.3 Å². The van der Waals surface area contributed by atoms with Crippen molar-refractivity contribution in [3.63, 3.8) is 0 Å². The lowest BCUT2D eigenvalue weighted by atomic mass is 9.89. The molecule has 0 aliphatic carbocycles. The van der Waals surface area contributed by atoms with Crippen molar-refractivity contribution in [2.24, 2.45) is 0 Å². The highest BCUT2D eigenvalue weighted by Crippen LogP contribution is 2.50. The third kappa shape index (κ3) is 9.39. The quantitative estimate of drug-likeness (QED) is 0.114. The normalized spacial score (nSPS) is 15.5. The Morgan fingerprint density at radius 1 is 0.530 bits per heavy atom. The fraction of sp³-hybridized carbons (Fsp3) is 0.163. The summed E-state index contributed by atoms with van der Waals surface area (Å²) in [5.74, 6) is -0.884. The topological polar surface area (TPSA) is 67.6 Å². The maximum atomic E-state index is 16.6. The highest BCUT2D eigenvalue weighted by molar-refractivity contribution is 7.91. The first kappa shape index (κ1) is 46.7. The number of carbonyl (C=O) groups is 1. The van der Waals surface area contributed by atoms with Gasteiger partial charge in [-0.15, -0.1) is 0 Å². The number of aromatic nitrogens is 2. The Hall–Kier alpha value is -5.87. The maximum Gasteiger partial charge on any atom is 0.431 e. The van der Waals surface area contributed by atoms with Crippen molar-refractivity contribution >= 4 is 50.6 Å². The van der Waals surface area contributed by atoms with E-state index in [9.17, 15) is 8.42 Å². The van der Waals surface area contributed by atoms with Crippen LogP contribution in [0.5, 0.6) is 0 Å². The van der Waals surface area contributed by atoms with Gasteiger partial charge in [0, 0.05) is 80.7 Å². The first-order chi connectivity index (χ1) is 31.4. The van der Waals surface area contributed by atoms with E-state index in [4.69, 9.17) is 23.2 Å². The number of alkyl halides is 6. The van der Waals surface area contributed by atoms with E-state index in [0.29, 0.717) is 21.2 Å². The highest BCUT2D eigenvalue weighted by atomic mass is 35.5. The zero-order valence-corrected chi connectivity index (χ0v) is 38.1. The van der Waals surface area contributed by atoms with Crippen molar-refractivity contribution in [2.45, 2.75) is 51.4 Å². The molecule has 17 heteroatoms. The SMILES string of the molecule is Cc1c(-c2ccc(Cl)cc2)c(C(C(=O)C(c2c(-c3ccc(Cl)cc3)c(C)c(C(F)(F)F)n2Cc2ccccc2)N2C=CS(=O)C=C2)N2C=CS(=O)C=C2)n(Cc2ccccc2)c1C(F)(F)F. The largest absolute Gasteiger partial charge is 0.431 e. The van der Waals surface area contributed by atoms with Crippen LogP contribution in [0.1, 0.15) is 57.1 Å². The molecule has 4 aromatic carbocycles. The predicted molar refractivity (Wildman–Crippen MR) is 247 cm³/mol. The van der Waals surface area contributed by atoms with E-state index < -0.39 is 63.2 Å². The molecule has 8 rings (SSSR count). The average Bonchev–Trinajstić information content (AvgIpc) is 3.72. The maximum absolute atomic E-state index is 16.6. The summed E-state index contributed by atoms with van der Waals surface area (Å²) in [5, 5.41) is 5.61. The lowest BCUT2D eigenvalue weighted by Crippen LogP contribution is -2.39. The molecule has 0 N–H and O–H groups in total. The van der Waals surface area contributed by atoms with Gasteiger partial charge in [-0.3, -0.25) is 13.2 Å². The Kier molecular flexibility index (Phi) is 13.3. The van der Waals surface area contributed by atoms with E-state index in [2.05, 4.69) is 0 Å². The van der Waals surface area contributed by atoms with Crippen molar-refractivity contribution in [1.29, 1.82) is 0 Å². The number of carbonyl (C=O) groups excluding carboxylic acids is 1. The minimum absolute atomic E-state index is 0.0242. The van der Waals surface area contributed by atoms with Gasteiger partial charge in [0.15, 0.2) is 5.78 Å². The van der Waals surface area contributed by atoms with Gasteiger partial charge in [0.05, 0.1) is 33.0 Å². The molecule has 2 aromatic heterocycles. The van der Waals surface area contributed by atoms with Crippen LogP contribution in [0.25, 0.3) is 22.3 Å². The Bertz CT molecular complexity index is 2730. The van der Waals surface area contributed by atoms with Gasteiger partial charge in [-0.05, 0) is 71.5 Å². The smallest absolute Gasteiger partial charge is 0.337 e. The van der Waals surface area contributed by atoms with Gasteiger partial charge in [-0.1, -0.05) is 108 Å². The van der Waals surface area contributed by atoms with E-state index >= 15 is 31.1 Å². The second-order valence-corrected chi connectivity index (χ2v) is 18.8. The Balaban J connectivity index is 1.52. The van der Waals surface area contributed by atoms with Crippen LogP contribution in [-0.4, -0.2) is 33.1 Å². The zero-order chi connectivity index (χ0) is 47.1. The van der Waals surface area contributed by atoms with Crippen LogP contribution >= 0.6 is 23.2 Å². The van der Waals surface area contributed by atoms with E-state index in [-0.39, 0.29) is 57.9 Å². The number of nitrogens with zero attached hydrogens (tertiary/aromatic N) is 4. The van der Waals surface area contributed by atoms with Crippen LogP contribution in [0.2, 0.25) is 10.0 Å². The van der Waals surface area contributed by atoms with Crippen LogP contribution in [0, 0.1) is 13.8 Å². The number of Topliss-reactive ketones (excluding diaryl/α,β-unsaturated/α-hetero) is 1. The molecular weight excluding hydrogens is 942 g/mol. The molecule has 0 saturated carbocycles. The fourth-order valence-electron chi connectivity index (χ4n) is 8.71. The summed E-state index contributed by atoms with van der Waals surface area (Å²) < 4.78 is 123. The van der Waals surface area contributed by atoms with Crippen LogP contribution in [-0.2, 0) is 51.8 Å². The third-order valence-corrected chi connectivity index (χ3v) is 13.4. The van der Waals surface area contributed by atoms with E-state index in [1.54, 1.807) is 60.7 Å². The van der Waals surface area contributed by atoms with Gasteiger partial charge >= 0.3 is 12.4 Å². The summed E-state index contributed by atoms with van der Waals surface area (Å²) >= 11 is 12.6. The Labute approximate surface area is 391 Å². The molecule has 0 spiro atoms. The monoisotopic (exact) mass is 978 g/mol. The molecule has 4 heterocycles. The molecule has 7 nitrogen and oxygen atoms in total. The van der Waals surface area contributed by atoms with Crippen molar-refractivity contribution in [1.82, 2.24) is 18.9 Å². The number of ketones is 1. The molecule has 0 amide bonds. The fourth-order valence-corrected chi connectivity index (χ4v) is 10.2. The lowest BCUT2D eigenvalue weighted by Gasteiger charge is -2.37. The first-order valence-electron chi connectivity index (χ1n) is 20.2. The lowest BCUT2D eigenvalue weighted by molar-refractivity contribution is -0.144. The van der Waals surface area contributed by atoms with Crippen molar-refractivity contribution in [3.8, 4) is 22.3 Å². The summed E-state index contributed by atoms with van der Waals surface area (Å²) in [5.41, 5.74) is -1.40. The van der Waals surface area contributed by atoms with E-state index in [0.717, 1.165) is 9.13 Å². The highest BCUT2D eigenvalue weighted by Gasteiger charge is 2.48. The Morgan fingerprint density at radius 2 is 0.848 bits per heavy atom. The predicted octanol–water partition coefficient (Wildman–Crippen LogP) is 13.0. The van der Waals surface area contributed by atoms with Crippen LogP contribution in [0.4, 0.5) is 26.3 Å². The standard InChI is InChI=1S/C49H38Cl2F6N4O3S2/c1-31-39(35-13-17-37(50)18-14-35)41(60(46(31)48(52,53)54)29-33-9-5-3-6-10-33)43(58-21-25-65(63)26-22-58)45(62)44(59-23-27-66(64)28-24-59)42-40(36-15-19-38(51)20-16-36)32(2)47(49(55,56)57)61(42)30-34-11-7-4-8-12-34/h3-28,43-44H,29-30H2,1-2H3. The van der Waals surface area contributed by atoms with Crippen molar-refractivity contribution in [3.05, 3.63) is 211 Å². The number of hydrogen-bond acceptors (Lipinski definition) is 5. The van der Waals surface area contributed by atoms with Crippen molar-refractivity contribution < 1.29 is 39.6 Å². The molecule has 0 fully saturated rings. The molecule has 2 atom stereocenters. The summed E-state index contributed by atoms with van der Waals surface area (Å²) in [6.45, 7) is 1.84. The molecule has 6 aromatic rings. The number of benzene rings is 4. The second-order valence-electron chi connectivity index (χ2n) is 15.5. The first-order valence-corrected chi connectivity index (χ1v) is 23.5. The average molecular weight is 980 g/mol. The third-order valence-electron chi connectivity index (χ3n) is 11.4. The van der Waals surface area contributed by atoms with Gasteiger partial charge in [0.2, 0.25) is 0 Å². The second kappa shape index (κ2) is 18.8. The summed E-state index contributed by atoms with van der Waals surface area (Å²) in [4.78, 5) is 19.3. The van der Waals surface area contributed by atoms with Gasteiger partial charge in [-0.25, -0.2) is 0 Å². The Morgan fingerprint density at radius 3 is 1.15 bits per heavy atom. The van der Waals surface area contributed by atoms with Crippen LogP contribution in [0.3, 0.4) is 0 Å². The minimum Gasteiger partial charge on any atom is -0.337 e. The number of rotatable bonds is 12. The molecule has 66 heavy (non-hydrogen) atoms. The summed E-state index contributed by atoms with van der Waals surface area (Å²) in [7, 11) is -3.37. The molecule has 0 bridgehead atoms.